The van der Waals surface area contributed by atoms with Gasteiger partial charge in [-0.15, -0.1) is 0 Å². The predicted octanol–water partition coefficient (Wildman–Crippen LogP) is 3.28. The molecule has 1 unspecified atom stereocenters. The van der Waals surface area contributed by atoms with E-state index in [0.29, 0.717) is 26.3 Å². The lowest BCUT2D eigenvalue weighted by Crippen LogP contribution is -2.45. The fourth-order valence-corrected chi connectivity index (χ4v) is 3.38. The van der Waals surface area contributed by atoms with Gasteiger partial charge in [0, 0.05) is 30.4 Å². The standard InChI is InChI=1S/C19H18ClF3N6O2/c20-12-5-9(1-2-13(12)21)26-18(29-30)11-6-14(22)15(23)17-16(11)27-19(28-17)25-7-10-8-31-4-3-24-10/h1-2,5-6,10,24,30H,3-4,7-8H2,(H,26,29)(H2,25,27,28). The number of rotatable bonds is 5. The van der Waals surface area contributed by atoms with Crippen molar-refractivity contribution in [2.24, 2.45) is 5.16 Å². The summed E-state index contributed by atoms with van der Waals surface area (Å²) < 4.78 is 47.4. The highest BCUT2D eigenvalue weighted by molar-refractivity contribution is 6.31. The van der Waals surface area contributed by atoms with Gasteiger partial charge in [0.15, 0.2) is 17.5 Å². The first-order valence-corrected chi connectivity index (χ1v) is 9.71. The van der Waals surface area contributed by atoms with Crippen molar-refractivity contribution in [2.45, 2.75) is 6.04 Å². The minimum Gasteiger partial charge on any atom is -0.409 e. The number of oxime groups is 1. The first-order chi connectivity index (χ1) is 15.0. The number of aromatic nitrogens is 2. The van der Waals surface area contributed by atoms with Crippen LogP contribution in [0.15, 0.2) is 29.4 Å². The van der Waals surface area contributed by atoms with Crippen molar-refractivity contribution in [3.63, 3.8) is 0 Å². The molecule has 1 saturated heterocycles. The van der Waals surface area contributed by atoms with Crippen LogP contribution < -0.4 is 16.0 Å². The second kappa shape index (κ2) is 9.00. The van der Waals surface area contributed by atoms with Crippen molar-refractivity contribution >= 4 is 40.1 Å². The van der Waals surface area contributed by atoms with Crippen LogP contribution in [0.5, 0.6) is 0 Å². The average Bonchev–Trinajstić information content (AvgIpc) is 3.21. The molecule has 1 aromatic heterocycles. The zero-order valence-electron chi connectivity index (χ0n) is 16.0. The second-order valence-electron chi connectivity index (χ2n) is 6.84. The van der Waals surface area contributed by atoms with Gasteiger partial charge in [-0.3, -0.25) is 0 Å². The van der Waals surface area contributed by atoms with Gasteiger partial charge >= 0.3 is 0 Å². The summed E-state index contributed by atoms with van der Waals surface area (Å²) in [4.78, 5) is 6.96. The molecule has 2 aromatic carbocycles. The predicted molar refractivity (Wildman–Crippen MR) is 110 cm³/mol. The van der Waals surface area contributed by atoms with Crippen LogP contribution in [-0.2, 0) is 4.74 Å². The number of imidazole rings is 1. The second-order valence-corrected chi connectivity index (χ2v) is 7.25. The van der Waals surface area contributed by atoms with E-state index < -0.39 is 17.5 Å². The number of aromatic amines is 1. The minimum absolute atomic E-state index is 0.0107. The molecule has 0 saturated carbocycles. The van der Waals surface area contributed by atoms with E-state index in [1.165, 1.54) is 12.1 Å². The van der Waals surface area contributed by atoms with Gasteiger partial charge < -0.3 is 30.9 Å². The fourth-order valence-electron chi connectivity index (χ4n) is 3.20. The Balaban J connectivity index is 1.64. The molecule has 2 heterocycles. The maximum absolute atomic E-state index is 14.4. The van der Waals surface area contributed by atoms with Crippen LogP contribution in [0.2, 0.25) is 5.02 Å². The molecule has 3 aromatic rings. The summed E-state index contributed by atoms with van der Waals surface area (Å²) in [5, 5.41) is 21.5. The van der Waals surface area contributed by atoms with Gasteiger partial charge in [0.05, 0.1) is 23.8 Å². The lowest BCUT2D eigenvalue weighted by Gasteiger charge is -2.23. The summed E-state index contributed by atoms with van der Waals surface area (Å²) in [5.74, 6) is -2.97. The summed E-state index contributed by atoms with van der Waals surface area (Å²) in [7, 11) is 0. The largest absolute Gasteiger partial charge is 0.409 e. The van der Waals surface area contributed by atoms with Crippen molar-refractivity contribution in [1.29, 1.82) is 0 Å². The summed E-state index contributed by atoms with van der Waals surface area (Å²) >= 11 is 5.76. The highest BCUT2D eigenvalue weighted by Crippen LogP contribution is 2.26. The number of amidine groups is 1. The van der Waals surface area contributed by atoms with Crippen LogP contribution in [0, 0.1) is 17.5 Å². The highest BCUT2D eigenvalue weighted by Gasteiger charge is 2.21. The SMILES string of the molecule is O/N=C(\Nc1ccc(F)c(Cl)c1)c1cc(F)c(F)c2nc(NCC3COCCN3)[nH]c12. The van der Waals surface area contributed by atoms with Gasteiger partial charge in [0.2, 0.25) is 5.95 Å². The van der Waals surface area contributed by atoms with Crippen molar-refractivity contribution in [2.75, 3.05) is 36.9 Å². The maximum atomic E-state index is 14.4. The normalized spacial score (nSPS) is 17.2. The fraction of sp³-hybridized carbons (Fsp3) is 0.263. The lowest BCUT2D eigenvalue weighted by atomic mass is 10.1. The van der Waals surface area contributed by atoms with Crippen LogP contribution in [0.3, 0.4) is 0 Å². The Kier molecular flexibility index (Phi) is 6.16. The van der Waals surface area contributed by atoms with E-state index in [1.54, 1.807) is 0 Å². The molecule has 0 bridgehead atoms. The Morgan fingerprint density at radius 1 is 1.29 bits per heavy atom. The first kappa shape index (κ1) is 21.2. The van der Waals surface area contributed by atoms with Crippen molar-refractivity contribution in [3.8, 4) is 0 Å². The van der Waals surface area contributed by atoms with Crippen LogP contribution in [0.1, 0.15) is 5.56 Å². The number of benzene rings is 2. The average molecular weight is 455 g/mol. The smallest absolute Gasteiger partial charge is 0.201 e. The monoisotopic (exact) mass is 454 g/mol. The Morgan fingerprint density at radius 3 is 2.84 bits per heavy atom. The number of H-pyrrole nitrogens is 1. The van der Waals surface area contributed by atoms with Crippen LogP contribution in [-0.4, -0.2) is 53.4 Å². The molecule has 0 radical (unpaired) electrons. The van der Waals surface area contributed by atoms with E-state index in [-0.39, 0.29) is 45.1 Å². The van der Waals surface area contributed by atoms with Gasteiger partial charge in [-0.25, -0.2) is 18.2 Å². The van der Waals surface area contributed by atoms with Crippen molar-refractivity contribution in [3.05, 3.63) is 52.3 Å². The molecular formula is C19H18ClF3N6O2. The number of anilines is 2. The van der Waals surface area contributed by atoms with Gasteiger partial charge in [-0.2, -0.15) is 0 Å². The Hall–Kier alpha value is -3.02. The molecule has 1 atom stereocenters. The van der Waals surface area contributed by atoms with E-state index in [0.717, 1.165) is 12.1 Å². The molecule has 164 valence electrons. The van der Waals surface area contributed by atoms with Crippen LogP contribution in [0.4, 0.5) is 24.8 Å². The third kappa shape index (κ3) is 4.53. The quantitative estimate of drug-likeness (QED) is 0.175. The van der Waals surface area contributed by atoms with Crippen LogP contribution >= 0.6 is 11.6 Å². The molecule has 0 aliphatic carbocycles. The molecule has 0 spiro atoms. The molecule has 8 nitrogen and oxygen atoms in total. The Labute approximate surface area is 179 Å². The molecule has 5 N–H and O–H groups in total. The highest BCUT2D eigenvalue weighted by atomic mass is 35.5. The number of hydrogen-bond donors (Lipinski definition) is 5. The zero-order chi connectivity index (χ0) is 22.0. The first-order valence-electron chi connectivity index (χ1n) is 9.33. The molecular weight excluding hydrogens is 437 g/mol. The third-order valence-corrected chi connectivity index (χ3v) is 5.00. The molecule has 31 heavy (non-hydrogen) atoms. The van der Waals surface area contributed by atoms with Crippen molar-refractivity contribution in [1.82, 2.24) is 15.3 Å². The number of ether oxygens (including phenoxy) is 1. The number of nitrogens with zero attached hydrogens (tertiary/aromatic N) is 2. The van der Waals surface area contributed by atoms with Crippen LogP contribution in [0.25, 0.3) is 11.0 Å². The third-order valence-electron chi connectivity index (χ3n) is 4.71. The van der Waals surface area contributed by atoms with E-state index in [1.807, 2.05) is 0 Å². The molecule has 1 aliphatic rings. The number of hydrogen-bond acceptors (Lipinski definition) is 6. The van der Waals surface area contributed by atoms with E-state index >= 15 is 0 Å². The topological polar surface area (TPSA) is 107 Å². The summed E-state index contributed by atoms with van der Waals surface area (Å²) in [6, 6.07) is 4.62. The summed E-state index contributed by atoms with van der Waals surface area (Å²) in [6.45, 7) is 2.29. The number of morpholine rings is 1. The number of halogens is 4. The lowest BCUT2D eigenvalue weighted by molar-refractivity contribution is 0.0806. The van der Waals surface area contributed by atoms with Gasteiger partial charge in [-0.1, -0.05) is 16.8 Å². The molecule has 0 amide bonds. The van der Waals surface area contributed by atoms with Crippen molar-refractivity contribution < 1.29 is 23.1 Å². The Morgan fingerprint density at radius 2 is 2.13 bits per heavy atom. The van der Waals surface area contributed by atoms with Gasteiger partial charge in [0.1, 0.15) is 11.3 Å². The Bertz CT molecular complexity index is 1130. The summed E-state index contributed by atoms with van der Waals surface area (Å²) in [6.07, 6.45) is 0. The van der Waals surface area contributed by atoms with E-state index in [4.69, 9.17) is 16.3 Å². The summed E-state index contributed by atoms with van der Waals surface area (Å²) in [5.41, 5.74) is 0.114. The molecule has 4 rings (SSSR count). The number of nitrogens with one attached hydrogen (secondary N) is 4. The maximum Gasteiger partial charge on any atom is 0.201 e. The van der Waals surface area contributed by atoms with Gasteiger partial charge in [-0.05, 0) is 24.3 Å². The van der Waals surface area contributed by atoms with E-state index in [9.17, 15) is 18.4 Å². The zero-order valence-corrected chi connectivity index (χ0v) is 16.7. The molecule has 12 heteroatoms. The molecule has 1 aliphatic heterocycles. The minimum atomic E-state index is -1.18. The van der Waals surface area contributed by atoms with Gasteiger partial charge in [0.25, 0.3) is 0 Å². The van der Waals surface area contributed by atoms with E-state index in [2.05, 4.69) is 31.1 Å². The molecule has 1 fully saturated rings. The number of fused-ring (bicyclic) bond motifs is 1.